The molecule has 0 radical (unpaired) electrons. The van der Waals surface area contributed by atoms with Gasteiger partial charge in [0.15, 0.2) is 0 Å². The Morgan fingerprint density at radius 2 is 1.91 bits per heavy atom. The molecule has 0 aromatic heterocycles. The van der Waals surface area contributed by atoms with Crippen molar-refractivity contribution in [1.29, 1.82) is 0 Å². The van der Waals surface area contributed by atoms with Crippen LogP contribution in [0.1, 0.15) is 23.2 Å². The topological polar surface area (TPSA) is 84.9 Å². The summed E-state index contributed by atoms with van der Waals surface area (Å²) in [5, 5.41) is 12.6. The van der Waals surface area contributed by atoms with Crippen LogP contribution in [0.2, 0.25) is 10.0 Å². The second-order valence-electron chi connectivity index (χ2n) is 5.35. The number of carboxylic acid groups (broad SMARTS) is 1. The van der Waals surface area contributed by atoms with E-state index in [0.29, 0.717) is 26.1 Å². The number of hydrogen-bond acceptors (Lipinski definition) is 4. The van der Waals surface area contributed by atoms with Crippen LogP contribution in [0, 0.1) is 5.41 Å². The van der Waals surface area contributed by atoms with E-state index in [0.717, 1.165) is 0 Å². The molecule has 0 bridgehead atoms. The predicted octanol–water partition coefficient (Wildman–Crippen LogP) is 2.61. The number of carbonyl (C=O) groups excluding carboxylic acids is 1. The third kappa shape index (κ3) is 3.88. The molecule has 0 unspecified atom stereocenters. The van der Waals surface area contributed by atoms with Crippen LogP contribution in [0.15, 0.2) is 12.1 Å². The van der Waals surface area contributed by atoms with Crippen molar-refractivity contribution in [2.45, 2.75) is 12.8 Å². The first-order valence-corrected chi connectivity index (χ1v) is 7.77. The van der Waals surface area contributed by atoms with Gasteiger partial charge in [-0.1, -0.05) is 23.2 Å². The summed E-state index contributed by atoms with van der Waals surface area (Å²) in [5.41, 5.74) is -0.813. The van der Waals surface area contributed by atoms with Gasteiger partial charge < -0.3 is 19.9 Å². The molecule has 0 spiro atoms. The third-order valence-electron chi connectivity index (χ3n) is 3.98. The number of amides is 1. The maximum atomic E-state index is 12.4. The highest BCUT2D eigenvalue weighted by Gasteiger charge is 2.40. The Hall–Kier alpha value is -1.50. The van der Waals surface area contributed by atoms with Crippen LogP contribution in [0.3, 0.4) is 0 Å². The van der Waals surface area contributed by atoms with Crippen molar-refractivity contribution in [3.63, 3.8) is 0 Å². The monoisotopic (exact) mass is 361 g/mol. The third-order valence-corrected chi connectivity index (χ3v) is 4.70. The predicted molar refractivity (Wildman–Crippen MR) is 85.5 cm³/mol. The number of hydrogen-bond donors (Lipinski definition) is 2. The zero-order chi connectivity index (χ0) is 17.0. The van der Waals surface area contributed by atoms with E-state index in [1.807, 2.05) is 0 Å². The van der Waals surface area contributed by atoms with E-state index in [1.54, 1.807) is 0 Å². The molecule has 2 N–H and O–H groups in total. The van der Waals surface area contributed by atoms with Gasteiger partial charge in [-0.25, -0.2) is 0 Å². The molecular weight excluding hydrogens is 345 g/mol. The standard InChI is InChI=1S/C15H17Cl2NO5/c1-22-12-7-11(17)10(16)6-9(12)13(19)18-8-15(14(20)21)2-4-23-5-3-15/h6-7H,2-5,8H2,1H3,(H,18,19)(H,20,21). The van der Waals surface area contributed by atoms with E-state index in [1.165, 1.54) is 19.2 Å². The Labute approximate surface area is 143 Å². The number of aliphatic carboxylic acids is 1. The summed E-state index contributed by atoms with van der Waals surface area (Å²) >= 11 is 11.8. The van der Waals surface area contributed by atoms with Gasteiger partial charge in [0.2, 0.25) is 0 Å². The average molecular weight is 362 g/mol. The zero-order valence-corrected chi connectivity index (χ0v) is 14.0. The first kappa shape index (κ1) is 17.8. The van der Waals surface area contributed by atoms with Gasteiger partial charge in [0.1, 0.15) is 5.75 Å². The lowest BCUT2D eigenvalue weighted by molar-refractivity contribution is -0.154. The number of halogens is 2. The normalized spacial score (nSPS) is 16.7. The Morgan fingerprint density at radius 1 is 1.30 bits per heavy atom. The number of carbonyl (C=O) groups is 2. The zero-order valence-electron chi connectivity index (χ0n) is 12.5. The Morgan fingerprint density at radius 3 is 2.48 bits per heavy atom. The van der Waals surface area contributed by atoms with E-state index in [2.05, 4.69) is 5.32 Å². The SMILES string of the molecule is COc1cc(Cl)c(Cl)cc1C(=O)NCC1(C(=O)O)CCOCC1. The quantitative estimate of drug-likeness (QED) is 0.841. The van der Waals surface area contributed by atoms with Crippen LogP contribution in [0.4, 0.5) is 0 Å². The molecule has 1 aliphatic rings. The second kappa shape index (κ2) is 7.38. The number of nitrogens with one attached hydrogen (secondary N) is 1. The molecular formula is C15H17Cl2NO5. The Balaban J connectivity index is 2.15. The van der Waals surface area contributed by atoms with E-state index in [9.17, 15) is 14.7 Å². The van der Waals surface area contributed by atoms with Gasteiger partial charge in [0, 0.05) is 25.8 Å². The largest absolute Gasteiger partial charge is 0.496 e. The molecule has 0 saturated carbocycles. The van der Waals surface area contributed by atoms with Gasteiger partial charge in [-0.3, -0.25) is 9.59 Å². The fourth-order valence-electron chi connectivity index (χ4n) is 2.45. The minimum absolute atomic E-state index is 0.00786. The minimum atomic E-state index is -1.02. The lowest BCUT2D eigenvalue weighted by Gasteiger charge is -2.33. The van der Waals surface area contributed by atoms with Crippen LogP contribution in [-0.4, -0.2) is 43.9 Å². The molecule has 1 aromatic carbocycles. The fourth-order valence-corrected chi connectivity index (χ4v) is 2.77. The molecule has 1 saturated heterocycles. The van der Waals surface area contributed by atoms with Crippen molar-refractivity contribution in [1.82, 2.24) is 5.32 Å². The number of rotatable bonds is 5. The molecule has 2 rings (SSSR count). The van der Waals surface area contributed by atoms with Gasteiger partial charge in [-0.2, -0.15) is 0 Å². The smallest absolute Gasteiger partial charge is 0.311 e. The van der Waals surface area contributed by atoms with Gasteiger partial charge in [-0.15, -0.1) is 0 Å². The number of ether oxygens (including phenoxy) is 2. The van der Waals surface area contributed by atoms with E-state index < -0.39 is 17.3 Å². The summed E-state index contributed by atoms with van der Waals surface area (Å²) in [6.07, 6.45) is 0.697. The van der Waals surface area contributed by atoms with Crippen LogP contribution in [0.25, 0.3) is 0 Å². The van der Waals surface area contributed by atoms with Crippen molar-refractivity contribution in [3.05, 3.63) is 27.7 Å². The van der Waals surface area contributed by atoms with E-state index in [4.69, 9.17) is 32.7 Å². The highest BCUT2D eigenvalue weighted by Crippen LogP contribution is 2.32. The number of methoxy groups -OCH3 is 1. The highest BCUT2D eigenvalue weighted by molar-refractivity contribution is 6.42. The minimum Gasteiger partial charge on any atom is -0.496 e. The van der Waals surface area contributed by atoms with Crippen molar-refractivity contribution in [2.24, 2.45) is 5.41 Å². The average Bonchev–Trinajstić information content (AvgIpc) is 2.55. The summed E-state index contributed by atoms with van der Waals surface area (Å²) in [5.74, 6) is -1.14. The van der Waals surface area contributed by atoms with Crippen molar-refractivity contribution in [3.8, 4) is 5.75 Å². The number of benzene rings is 1. The lowest BCUT2D eigenvalue weighted by atomic mass is 9.80. The highest BCUT2D eigenvalue weighted by atomic mass is 35.5. The number of carboxylic acids is 1. The van der Waals surface area contributed by atoms with Gasteiger partial charge in [0.05, 0.1) is 28.1 Å². The van der Waals surface area contributed by atoms with Crippen molar-refractivity contribution < 1.29 is 24.2 Å². The molecule has 1 aromatic rings. The van der Waals surface area contributed by atoms with Gasteiger partial charge >= 0.3 is 5.97 Å². The molecule has 8 heteroatoms. The molecule has 1 heterocycles. The van der Waals surface area contributed by atoms with Gasteiger partial charge in [-0.05, 0) is 18.9 Å². The van der Waals surface area contributed by atoms with E-state index in [-0.39, 0.29) is 27.9 Å². The van der Waals surface area contributed by atoms with Crippen LogP contribution in [-0.2, 0) is 9.53 Å². The van der Waals surface area contributed by atoms with Crippen LogP contribution >= 0.6 is 23.2 Å². The lowest BCUT2D eigenvalue weighted by Crippen LogP contribution is -2.46. The molecule has 126 valence electrons. The Bertz CT molecular complexity index is 614. The van der Waals surface area contributed by atoms with Gasteiger partial charge in [0.25, 0.3) is 5.91 Å². The Kier molecular flexibility index (Phi) is 5.73. The first-order valence-electron chi connectivity index (χ1n) is 7.02. The summed E-state index contributed by atoms with van der Waals surface area (Å²) < 4.78 is 10.3. The molecule has 23 heavy (non-hydrogen) atoms. The summed E-state index contributed by atoms with van der Waals surface area (Å²) in [6.45, 7) is 0.727. The summed E-state index contributed by atoms with van der Waals surface area (Å²) in [7, 11) is 1.41. The summed E-state index contributed by atoms with van der Waals surface area (Å²) in [6, 6.07) is 2.84. The van der Waals surface area contributed by atoms with E-state index >= 15 is 0 Å². The molecule has 6 nitrogen and oxygen atoms in total. The molecule has 1 aliphatic heterocycles. The molecule has 1 fully saturated rings. The molecule has 0 aliphatic carbocycles. The maximum Gasteiger partial charge on any atom is 0.311 e. The van der Waals surface area contributed by atoms with Crippen molar-refractivity contribution >= 4 is 35.1 Å². The van der Waals surface area contributed by atoms with Crippen molar-refractivity contribution in [2.75, 3.05) is 26.9 Å². The summed E-state index contributed by atoms with van der Waals surface area (Å²) in [4.78, 5) is 24.0. The second-order valence-corrected chi connectivity index (χ2v) is 6.16. The molecule has 1 amide bonds. The van der Waals surface area contributed by atoms with Crippen LogP contribution in [0.5, 0.6) is 5.75 Å². The maximum absolute atomic E-state index is 12.4. The molecule has 0 atom stereocenters. The first-order chi connectivity index (χ1) is 10.9. The van der Waals surface area contributed by atoms with Crippen LogP contribution < -0.4 is 10.1 Å². The fraction of sp³-hybridized carbons (Fsp3) is 0.467.